The Morgan fingerprint density at radius 1 is 1.04 bits per heavy atom. The highest BCUT2D eigenvalue weighted by Crippen LogP contribution is 2.27. The summed E-state index contributed by atoms with van der Waals surface area (Å²) in [5, 5.41) is 6.63. The number of carbonyl (C=O) groups is 1. The molecule has 0 atom stereocenters. The second kappa shape index (κ2) is 7.15. The molecule has 0 saturated carbocycles. The Morgan fingerprint density at radius 3 is 2.46 bits per heavy atom. The lowest BCUT2D eigenvalue weighted by atomic mass is 10.0. The van der Waals surface area contributed by atoms with Crippen LogP contribution in [0.5, 0.6) is 5.75 Å². The smallest absolute Gasteiger partial charge is 0.271 e. The molecule has 1 N–H and O–H groups in total. The average molecular weight is 339 g/mol. The number of ether oxygens (including phenoxy) is 1. The molecule has 0 saturated heterocycles. The van der Waals surface area contributed by atoms with Gasteiger partial charge in [-0.05, 0) is 41.8 Å². The third kappa shape index (κ3) is 3.39. The molecule has 0 radical (unpaired) electrons. The van der Waals surface area contributed by atoms with E-state index < -0.39 is 0 Å². The number of methoxy groups -OCH3 is 1. The molecule has 120 valence electrons. The number of nitrogens with zero attached hydrogens (tertiary/aromatic N) is 1. The minimum Gasteiger partial charge on any atom is -0.496 e. The minimum absolute atomic E-state index is 0.291. The lowest BCUT2D eigenvalue weighted by Gasteiger charge is -2.07. The van der Waals surface area contributed by atoms with Crippen molar-refractivity contribution in [3.05, 3.63) is 76.8 Å². The molecule has 24 heavy (non-hydrogen) atoms. The van der Waals surface area contributed by atoms with Gasteiger partial charge in [0, 0.05) is 21.5 Å². The van der Waals surface area contributed by atoms with Gasteiger partial charge in [-0.3, -0.25) is 4.79 Å². The van der Waals surface area contributed by atoms with Crippen molar-refractivity contribution in [3.63, 3.8) is 0 Å². The van der Waals surface area contributed by atoms with Crippen LogP contribution in [0.1, 0.15) is 15.9 Å². The normalized spacial score (nSPS) is 10.9. The first-order valence-electron chi connectivity index (χ1n) is 7.34. The van der Waals surface area contributed by atoms with Crippen molar-refractivity contribution < 1.29 is 9.53 Å². The van der Waals surface area contributed by atoms with Crippen LogP contribution in [0.15, 0.2) is 65.8 Å². The molecular formula is C19H15ClN2O2. The van der Waals surface area contributed by atoms with Crippen LogP contribution in [-0.4, -0.2) is 19.2 Å². The summed E-state index contributed by atoms with van der Waals surface area (Å²) in [6, 6.07) is 18.3. The molecule has 0 spiro atoms. The van der Waals surface area contributed by atoms with Crippen LogP contribution in [0.2, 0.25) is 5.02 Å². The van der Waals surface area contributed by atoms with Gasteiger partial charge in [-0.25, -0.2) is 5.43 Å². The van der Waals surface area contributed by atoms with Crippen molar-refractivity contribution in [3.8, 4) is 5.75 Å². The van der Waals surface area contributed by atoms with Gasteiger partial charge >= 0.3 is 0 Å². The standard InChI is InChI=1S/C19H15ClN2O2/c1-24-18-11-8-14(16-4-2-3-5-17(16)18)12-21-22-19(23)13-6-9-15(20)10-7-13/h2-12H,1H3,(H,22,23)/b21-12-. The zero-order valence-electron chi connectivity index (χ0n) is 13.0. The molecular weight excluding hydrogens is 324 g/mol. The van der Waals surface area contributed by atoms with Crippen LogP contribution in [0, 0.1) is 0 Å². The van der Waals surface area contributed by atoms with E-state index in [9.17, 15) is 4.79 Å². The summed E-state index contributed by atoms with van der Waals surface area (Å²) < 4.78 is 5.37. The Balaban J connectivity index is 1.81. The fourth-order valence-electron chi connectivity index (χ4n) is 2.41. The maximum absolute atomic E-state index is 12.0. The van der Waals surface area contributed by atoms with Crippen molar-refractivity contribution in [1.82, 2.24) is 5.43 Å². The van der Waals surface area contributed by atoms with E-state index in [-0.39, 0.29) is 5.91 Å². The predicted molar refractivity (Wildman–Crippen MR) is 97.0 cm³/mol. The van der Waals surface area contributed by atoms with Crippen LogP contribution in [-0.2, 0) is 0 Å². The highest BCUT2D eigenvalue weighted by atomic mass is 35.5. The number of hydrogen-bond acceptors (Lipinski definition) is 3. The first-order valence-corrected chi connectivity index (χ1v) is 7.71. The molecule has 0 fully saturated rings. The van der Waals surface area contributed by atoms with Gasteiger partial charge in [-0.2, -0.15) is 5.10 Å². The molecule has 4 nitrogen and oxygen atoms in total. The lowest BCUT2D eigenvalue weighted by molar-refractivity contribution is 0.0955. The van der Waals surface area contributed by atoms with E-state index >= 15 is 0 Å². The quantitative estimate of drug-likeness (QED) is 0.570. The number of rotatable bonds is 4. The molecule has 0 heterocycles. The maximum atomic E-state index is 12.0. The van der Waals surface area contributed by atoms with Gasteiger partial charge in [0.25, 0.3) is 5.91 Å². The Labute approximate surface area is 144 Å². The lowest BCUT2D eigenvalue weighted by Crippen LogP contribution is -2.17. The van der Waals surface area contributed by atoms with Crippen LogP contribution < -0.4 is 10.2 Å². The Bertz CT molecular complexity index is 905. The van der Waals surface area contributed by atoms with Gasteiger partial charge < -0.3 is 4.74 Å². The number of benzene rings is 3. The van der Waals surface area contributed by atoms with E-state index in [1.807, 2.05) is 36.4 Å². The summed E-state index contributed by atoms with van der Waals surface area (Å²) in [5.74, 6) is 0.508. The van der Waals surface area contributed by atoms with Gasteiger partial charge in [-0.15, -0.1) is 0 Å². The number of halogens is 1. The van der Waals surface area contributed by atoms with Crippen LogP contribution in [0.25, 0.3) is 10.8 Å². The number of nitrogens with one attached hydrogen (secondary N) is 1. The number of hydrogen-bond donors (Lipinski definition) is 1. The Hall–Kier alpha value is -2.85. The second-order valence-corrected chi connectivity index (χ2v) is 5.55. The molecule has 0 aliphatic heterocycles. The van der Waals surface area contributed by atoms with Gasteiger partial charge in [0.05, 0.1) is 13.3 Å². The molecule has 0 aliphatic rings. The minimum atomic E-state index is -0.291. The SMILES string of the molecule is COc1ccc(/C=N\NC(=O)c2ccc(Cl)cc2)c2ccccc12. The number of amides is 1. The summed E-state index contributed by atoms with van der Waals surface area (Å²) in [4.78, 5) is 12.0. The van der Waals surface area contributed by atoms with Crippen molar-refractivity contribution in [2.24, 2.45) is 5.10 Å². The zero-order valence-corrected chi connectivity index (χ0v) is 13.7. The average Bonchev–Trinajstić information content (AvgIpc) is 2.62. The Morgan fingerprint density at radius 2 is 1.75 bits per heavy atom. The number of fused-ring (bicyclic) bond motifs is 1. The van der Waals surface area contributed by atoms with Gasteiger partial charge in [0.1, 0.15) is 5.75 Å². The van der Waals surface area contributed by atoms with E-state index in [0.717, 1.165) is 22.1 Å². The number of hydrazone groups is 1. The number of carbonyl (C=O) groups excluding carboxylic acids is 1. The highest BCUT2D eigenvalue weighted by Gasteiger charge is 2.05. The van der Waals surface area contributed by atoms with E-state index in [1.54, 1.807) is 37.6 Å². The summed E-state index contributed by atoms with van der Waals surface area (Å²) >= 11 is 5.81. The zero-order chi connectivity index (χ0) is 16.9. The third-order valence-electron chi connectivity index (χ3n) is 3.61. The van der Waals surface area contributed by atoms with E-state index in [1.165, 1.54) is 0 Å². The van der Waals surface area contributed by atoms with Gasteiger partial charge in [0.2, 0.25) is 0 Å². The first kappa shape index (κ1) is 16.0. The fourth-order valence-corrected chi connectivity index (χ4v) is 2.54. The third-order valence-corrected chi connectivity index (χ3v) is 3.87. The van der Waals surface area contributed by atoms with Crippen LogP contribution in [0.3, 0.4) is 0 Å². The summed E-state index contributed by atoms with van der Waals surface area (Å²) in [7, 11) is 1.64. The Kier molecular flexibility index (Phi) is 4.77. The van der Waals surface area contributed by atoms with Crippen molar-refractivity contribution in [2.75, 3.05) is 7.11 Å². The molecule has 1 amide bonds. The molecule has 0 aromatic heterocycles. The molecule has 3 rings (SSSR count). The maximum Gasteiger partial charge on any atom is 0.271 e. The van der Waals surface area contributed by atoms with Gasteiger partial charge in [-0.1, -0.05) is 35.9 Å². The first-order chi connectivity index (χ1) is 11.7. The van der Waals surface area contributed by atoms with Crippen molar-refractivity contribution in [2.45, 2.75) is 0 Å². The summed E-state index contributed by atoms with van der Waals surface area (Å²) in [6.07, 6.45) is 1.62. The second-order valence-electron chi connectivity index (χ2n) is 5.11. The molecule has 5 heteroatoms. The highest BCUT2D eigenvalue weighted by molar-refractivity contribution is 6.30. The fraction of sp³-hybridized carbons (Fsp3) is 0.0526. The van der Waals surface area contributed by atoms with E-state index in [4.69, 9.17) is 16.3 Å². The topological polar surface area (TPSA) is 50.7 Å². The molecule has 3 aromatic carbocycles. The van der Waals surface area contributed by atoms with Crippen LogP contribution >= 0.6 is 11.6 Å². The molecule has 0 bridgehead atoms. The summed E-state index contributed by atoms with van der Waals surface area (Å²) in [5.41, 5.74) is 3.90. The van der Waals surface area contributed by atoms with Gasteiger partial charge in [0.15, 0.2) is 0 Å². The predicted octanol–water partition coefficient (Wildman–Crippen LogP) is 4.27. The van der Waals surface area contributed by atoms with Crippen molar-refractivity contribution in [1.29, 1.82) is 0 Å². The van der Waals surface area contributed by atoms with E-state index in [0.29, 0.717) is 10.6 Å². The summed E-state index contributed by atoms with van der Waals surface area (Å²) in [6.45, 7) is 0. The van der Waals surface area contributed by atoms with Crippen LogP contribution in [0.4, 0.5) is 0 Å². The molecule has 3 aromatic rings. The van der Waals surface area contributed by atoms with E-state index in [2.05, 4.69) is 10.5 Å². The largest absolute Gasteiger partial charge is 0.496 e. The molecule has 0 unspecified atom stereocenters. The molecule has 0 aliphatic carbocycles. The monoisotopic (exact) mass is 338 g/mol. The van der Waals surface area contributed by atoms with Crippen molar-refractivity contribution >= 4 is 34.5 Å².